The van der Waals surface area contributed by atoms with Crippen molar-refractivity contribution >= 4 is 18.7 Å². The molecule has 2 heterocycles. The molecule has 2 aromatic rings. The summed E-state index contributed by atoms with van der Waals surface area (Å²) in [6, 6.07) is 22.8. The molecule has 7 heteroatoms. The zero-order valence-corrected chi connectivity index (χ0v) is 21.4. The van der Waals surface area contributed by atoms with Crippen molar-refractivity contribution in [3.8, 4) is 6.07 Å². The Morgan fingerprint density at radius 2 is 1.56 bits per heavy atom. The topological polar surface area (TPSA) is 80.9 Å². The maximum Gasteiger partial charge on any atom is 0.261 e. The number of nitrogens with zero attached hydrogens (tertiary/aromatic N) is 1. The largest absolute Gasteiger partial charge is 0.514 e. The zero-order chi connectivity index (χ0) is 24.6. The Bertz CT molecular complexity index is 1020. The van der Waals surface area contributed by atoms with Gasteiger partial charge in [0.15, 0.2) is 5.79 Å². The van der Waals surface area contributed by atoms with E-state index in [2.05, 4.69) is 69.3 Å². The van der Waals surface area contributed by atoms with Gasteiger partial charge in [-0.3, -0.25) is 0 Å². The number of hydrogen-bond acceptors (Lipinski definition) is 6. The van der Waals surface area contributed by atoms with Gasteiger partial charge < -0.3 is 23.7 Å². The van der Waals surface area contributed by atoms with Gasteiger partial charge in [-0.25, -0.2) is 0 Å². The predicted octanol–water partition coefficient (Wildman–Crippen LogP) is 3.82. The van der Waals surface area contributed by atoms with Crippen LogP contribution in [0, 0.1) is 11.3 Å². The van der Waals surface area contributed by atoms with Crippen LogP contribution in [0.2, 0.25) is 5.04 Å². The van der Waals surface area contributed by atoms with Crippen LogP contribution >= 0.6 is 0 Å². The fourth-order valence-electron chi connectivity index (χ4n) is 5.20. The highest BCUT2D eigenvalue weighted by atomic mass is 28.4. The van der Waals surface area contributed by atoms with Crippen LogP contribution < -0.4 is 10.4 Å². The lowest BCUT2D eigenvalue weighted by Gasteiger charge is -2.43. The quantitative estimate of drug-likeness (QED) is 0.385. The lowest BCUT2D eigenvalue weighted by Crippen LogP contribution is -2.67. The average molecular weight is 480 g/mol. The summed E-state index contributed by atoms with van der Waals surface area (Å²) < 4.78 is 25.5. The molecule has 0 bridgehead atoms. The van der Waals surface area contributed by atoms with Crippen LogP contribution in [0.1, 0.15) is 34.6 Å². The maximum absolute atomic E-state index is 9.60. The molecule has 34 heavy (non-hydrogen) atoms. The van der Waals surface area contributed by atoms with Gasteiger partial charge in [0.05, 0.1) is 18.4 Å². The first-order chi connectivity index (χ1) is 16.1. The van der Waals surface area contributed by atoms with Crippen LogP contribution in [0.4, 0.5) is 0 Å². The molecule has 4 rings (SSSR count). The summed E-state index contributed by atoms with van der Waals surface area (Å²) in [5.74, 6) is -0.816. The van der Waals surface area contributed by atoms with E-state index in [-0.39, 0.29) is 17.2 Å². The van der Waals surface area contributed by atoms with Crippen molar-refractivity contribution in [2.45, 2.75) is 69.9 Å². The molecule has 6 nitrogen and oxygen atoms in total. The molecular formula is C27H33NO5Si. The number of rotatable bonds is 6. The second kappa shape index (κ2) is 9.29. The number of hydrogen-bond donors (Lipinski definition) is 1. The van der Waals surface area contributed by atoms with Crippen molar-refractivity contribution in [3.63, 3.8) is 0 Å². The highest BCUT2D eigenvalue weighted by Gasteiger charge is 2.58. The van der Waals surface area contributed by atoms with Crippen LogP contribution in [0.5, 0.6) is 0 Å². The van der Waals surface area contributed by atoms with Gasteiger partial charge in [-0.2, -0.15) is 5.26 Å². The first-order valence-corrected chi connectivity index (χ1v) is 13.5. The first kappa shape index (κ1) is 24.6. The van der Waals surface area contributed by atoms with Gasteiger partial charge in [-0.05, 0) is 29.3 Å². The van der Waals surface area contributed by atoms with Crippen LogP contribution in [0.3, 0.4) is 0 Å². The molecule has 0 radical (unpaired) electrons. The molecule has 2 aliphatic heterocycles. The molecule has 2 aliphatic rings. The third-order valence-electron chi connectivity index (χ3n) is 6.61. The lowest BCUT2D eigenvalue weighted by molar-refractivity contribution is -0.185. The fourth-order valence-corrected chi connectivity index (χ4v) is 9.77. The molecule has 4 atom stereocenters. The highest BCUT2D eigenvalue weighted by molar-refractivity contribution is 6.99. The summed E-state index contributed by atoms with van der Waals surface area (Å²) in [4.78, 5) is 0. The van der Waals surface area contributed by atoms with Crippen molar-refractivity contribution in [1.29, 1.82) is 5.26 Å². The monoisotopic (exact) mass is 479 g/mol. The minimum Gasteiger partial charge on any atom is -0.514 e. The molecule has 0 amide bonds. The minimum absolute atomic E-state index is 0.115. The lowest BCUT2D eigenvalue weighted by atomic mass is 10.0. The Labute approximate surface area is 202 Å². The fraction of sp³-hybridized carbons (Fsp3) is 0.444. The van der Waals surface area contributed by atoms with Gasteiger partial charge in [0.2, 0.25) is 0 Å². The molecule has 1 N–H and O–H groups in total. The number of aliphatic hydroxyl groups excluding tert-OH is 1. The number of ether oxygens (including phenoxy) is 3. The van der Waals surface area contributed by atoms with E-state index in [1.165, 1.54) is 10.4 Å². The molecule has 180 valence electrons. The van der Waals surface area contributed by atoms with Gasteiger partial charge in [0, 0.05) is 0 Å². The van der Waals surface area contributed by atoms with E-state index in [1.54, 1.807) is 0 Å². The summed E-state index contributed by atoms with van der Waals surface area (Å²) in [6.45, 7) is 10.6. The molecule has 2 fully saturated rings. The van der Waals surface area contributed by atoms with Crippen molar-refractivity contribution < 1.29 is 23.7 Å². The third kappa shape index (κ3) is 4.33. The SMILES string of the molecule is CC1(C)O[C@@H]2[C@@H](CO[Si](c3ccccc3)(c3ccccc3)C(C)(C)C)OC(/C(C#N)=C/O)[C@@H]2O1. The van der Waals surface area contributed by atoms with Crippen LogP contribution in [0.15, 0.2) is 72.5 Å². The van der Waals surface area contributed by atoms with Crippen molar-refractivity contribution in [2.75, 3.05) is 6.61 Å². The van der Waals surface area contributed by atoms with Crippen molar-refractivity contribution in [1.82, 2.24) is 0 Å². The second-order valence-corrected chi connectivity index (χ2v) is 14.6. The highest BCUT2D eigenvalue weighted by Crippen LogP contribution is 2.42. The standard InChI is InChI=1S/C27H33NO5Si/c1-26(2,3)34(20-12-8-6-9-13-20,21-14-10-7-11-15-21)30-18-22-24-25(33-27(4,5)32-24)23(31-22)19(16-28)17-29/h6-15,17,22-25,29H,18H2,1-5H3/b19-17+/t22-,23?,24-,25+/m1/s1. The summed E-state index contributed by atoms with van der Waals surface area (Å²) in [5, 5.41) is 21.3. The summed E-state index contributed by atoms with van der Waals surface area (Å²) >= 11 is 0. The van der Waals surface area contributed by atoms with Crippen molar-refractivity contribution in [2.24, 2.45) is 0 Å². The van der Waals surface area contributed by atoms with Crippen LogP contribution in [0.25, 0.3) is 0 Å². The molecular weight excluding hydrogens is 446 g/mol. The molecule has 0 aliphatic carbocycles. The zero-order valence-electron chi connectivity index (χ0n) is 20.4. The Morgan fingerprint density at radius 1 is 1.03 bits per heavy atom. The smallest absolute Gasteiger partial charge is 0.261 e. The van der Waals surface area contributed by atoms with Gasteiger partial charge in [-0.15, -0.1) is 0 Å². The Hall–Kier alpha value is -2.47. The normalized spacial score (nSPS) is 26.8. The van der Waals surface area contributed by atoms with E-state index < -0.39 is 38.5 Å². The van der Waals surface area contributed by atoms with E-state index in [4.69, 9.17) is 18.6 Å². The Morgan fingerprint density at radius 3 is 2.03 bits per heavy atom. The number of benzene rings is 2. The minimum atomic E-state index is -2.77. The van der Waals surface area contributed by atoms with E-state index in [1.807, 2.05) is 32.0 Å². The molecule has 2 aromatic carbocycles. The van der Waals surface area contributed by atoms with Crippen LogP contribution in [-0.2, 0) is 18.6 Å². The first-order valence-electron chi connectivity index (χ1n) is 11.6. The third-order valence-corrected chi connectivity index (χ3v) is 11.6. The maximum atomic E-state index is 9.60. The number of fused-ring (bicyclic) bond motifs is 1. The molecule has 0 saturated carbocycles. The van der Waals surface area contributed by atoms with E-state index in [0.29, 0.717) is 0 Å². The van der Waals surface area contributed by atoms with Crippen molar-refractivity contribution in [3.05, 3.63) is 72.5 Å². The second-order valence-electron chi connectivity index (χ2n) is 10.3. The number of nitriles is 1. The summed E-state index contributed by atoms with van der Waals surface area (Å²) in [7, 11) is -2.77. The van der Waals surface area contributed by atoms with Gasteiger partial charge in [0.25, 0.3) is 8.32 Å². The predicted molar refractivity (Wildman–Crippen MR) is 132 cm³/mol. The summed E-state index contributed by atoms with van der Waals surface area (Å²) in [6.07, 6.45) is -1.29. The van der Waals surface area contributed by atoms with E-state index in [0.717, 1.165) is 6.26 Å². The average Bonchev–Trinajstić information content (AvgIpc) is 3.29. The summed E-state index contributed by atoms with van der Waals surface area (Å²) in [5.41, 5.74) is 0.115. The van der Waals surface area contributed by atoms with E-state index in [9.17, 15) is 10.4 Å². The molecule has 0 aromatic heterocycles. The van der Waals surface area contributed by atoms with Crippen LogP contribution in [-0.4, -0.2) is 50.2 Å². The molecule has 1 unspecified atom stereocenters. The molecule has 0 spiro atoms. The Balaban J connectivity index is 1.72. The van der Waals surface area contributed by atoms with Gasteiger partial charge in [-0.1, -0.05) is 81.4 Å². The van der Waals surface area contributed by atoms with E-state index >= 15 is 0 Å². The van der Waals surface area contributed by atoms with Gasteiger partial charge >= 0.3 is 0 Å². The number of aliphatic hydroxyl groups is 1. The molecule has 2 saturated heterocycles. The van der Waals surface area contributed by atoms with Gasteiger partial charge in [0.1, 0.15) is 30.5 Å². The Kier molecular flexibility index (Phi) is 6.73.